The quantitative estimate of drug-likeness (QED) is 0.637. The van der Waals surface area contributed by atoms with Crippen LogP contribution in [-0.2, 0) is 37.7 Å². The zero-order valence-corrected chi connectivity index (χ0v) is 18.1. The Morgan fingerprint density at radius 3 is 2.23 bits per heavy atom. The molecule has 2 aromatic carbocycles. The number of amides is 1. The number of carbonyl (C=O) groups excluding carboxylic acids is 1. The van der Waals surface area contributed by atoms with Gasteiger partial charge < -0.3 is 10.4 Å². The van der Waals surface area contributed by atoms with E-state index in [-0.39, 0.29) is 23.9 Å². The number of aliphatic hydroxyl groups is 1. The third-order valence-electron chi connectivity index (χ3n) is 4.92. The minimum Gasteiger partial charge on any atom is -0.390 e. The third-order valence-corrected chi connectivity index (χ3v) is 8.50. The van der Waals surface area contributed by atoms with Crippen molar-refractivity contribution in [2.24, 2.45) is 0 Å². The Balaban J connectivity index is 1.94. The Morgan fingerprint density at radius 2 is 1.70 bits per heavy atom. The van der Waals surface area contributed by atoms with E-state index in [9.17, 15) is 26.7 Å². The van der Waals surface area contributed by atoms with E-state index in [1.807, 2.05) is 0 Å². The van der Waals surface area contributed by atoms with Gasteiger partial charge in [-0.25, -0.2) is 16.8 Å². The number of hydrogen-bond donors (Lipinski definition) is 2. The summed E-state index contributed by atoms with van der Waals surface area (Å²) in [6.07, 6.45) is -1.30. The number of benzene rings is 2. The van der Waals surface area contributed by atoms with Gasteiger partial charge in [0.25, 0.3) is 0 Å². The molecule has 3 rings (SSSR count). The molecule has 2 aromatic rings. The maximum Gasteiger partial charge on any atom is 0.243 e. The molecule has 1 fully saturated rings. The van der Waals surface area contributed by atoms with Crippen LogP contribution in [0.1, 0.15) is 18.1 Å². The Hall–Kier alpha value is -2.27. The molecule has 2 atom stereocenters. The van der Waals surface area contributed by atoms with Crippen LogP contribution in [0.5, 0.6) is 0 Å². The summed E-state index contributed by atoms with van der Waals surface area (Å²) in [7, 11) is -7.64. The van der Waals surface area contributed by atoms with Crippen molar-refractivity contribution in [3.8, 4) is 0 Å². The largest absolute Gasteiger partial charge is 0.390 e. The lowest BCUT2D eigenvalue weighted by Crippen LogP contribution is -2.46. The second-order valence-corrected chi connectivity index (χ2v) is 11.3. The molecule has 0 radical (unpaired) electrons. The molecule has 0 aromatic heterocycles. The molecule has 1 amide bonds. The van der Waals surface area contributed by atoms with Crippen molar-refractivity contribution in [3.63, 3.8) is 0 Å². The van der Waals surface area contributed by atoms with Gasteiger partial charge >= 0.3 is 0 Å². The lowest BCUT2D eigenvalue weighted by molar-refractivity contribution is -0.119. The molecule has 0 saturated carbocycles. The number of carbonyl (C=O) groups is 1. The van der Waals surface area contributed by atoms with E-state index in [1.165, 1.54) is 19.1 Å². The number of sulfone groups is 1. The van der Waals surface area contributed by atoms with E-state index in [4.69, 9.17) is 0 Å². The fourth-order valence-corrected chi connectivity index (χ4v) is 6.91. The van der Waals surface area contributed by atoms with Crippen molar-refractivity contribution in [2.75, 3.05) is 11.5 Å². The van der Waals surface area contributed by atoms with Crippen LogP contribution < -0.4 is 5.32 Å². The number of aliphatic hydroxyl groups excluding tert-OH is 1. The van der Waals surface area contributed by atoms with Crippen LogP contribution in [0.15, 0.2) is 59.5 Å². The normalized spacial score (nSPS) is 20.9. The van der Waals surface area contributed by atoms with Crippen LogP contribution in [0.3, 0.4) is 0 Å². The van der Waals surface area contributed by atoms with Gasteiger partial charge in [0.15, 0.2) is 9.84 Å². The van der Waals surface area contributed by atoms with Gasteiger partial charge in [-0.05, 0) is 23.3 Å². The zero-order chi connectivity index (χ0) is 21.9. The van der Waals surface area contributed by atoms with Crippen molar-refractivity contribution in [2.45, 2.75) is 37.1 Å². The summed E-state index contributed by atoms with van der Waals surface area (Å²) >= 11 is 0. The number of sulfonamides is 1. The molecule has 8 nitrogen and oxygen atoms in total. The van der Waals surface area contributed by atoms with Crippen molar-refractivity contribution in [1.82, 2.24) is 9.62 Å². The van der Waals surface area contributed by atoms with Crippen molar-refractivity contribution >= 4 is 25.8 Å². The Kier molecular flexibility index (Phi) is 6.61. The van der Waals surface area contributed by atoms with Gasteiger partial charge in [0, 0.05) is 20.0 Å². The molecule has 2 N–H and O–H groups in total. The first kappa shape index (κ1) is 22.4. The summed E-state index contributed by atoms with van der Waals surface area (Å²) in [4.78, 5) is 11.0. The molecule has 0 aliphatic carbocycles. The molecule has 0 unspecified atom stereocenters. The average molecular weight is 453 g/mol. The summed E-state index contributed by atoms with van der Waals surface area (Å²) in [5, 5.41) is 13.0. The van der Waals surface area contributed by atoms with E-state index in [0.29, 0.717) is 5.56 Å². The first-order valence-electron chi connectivity index (χ1n) is 9.36. The number of rotatable bonds is 7. The Morgan fingerprint density at radius 1 is 1.07 bits per heavy atom. The van der Waals surface area contributed by atoms with Gasteiger partial charge in [-0.3, -0.25) is 4.79 Å². The minimum atomic E-state index is -4.09. The highest BCUT2D eigenvalue weighted by atomic mass is 32.2. The summed E-state index contributed by atoms with van der Waals surface area (Å²) in [6.45, 7) is 1.60. The molecule has 1 aliphatic heterocycles. The maximum atomic E-state index is 13.4. The van der Waals surface area contributed by atoms with E-state index >= 15 is 0 Å². The number of nitrogens with zero attached hydrogens (tertiary/aromatic N) is 1. The molecule has 10 heteroatoms. The molecule has 1 aliphatic rings. The summed E-state index contributed by atoms with van der Waals surface area (Å²) in [6, 6.07) is 13.8. The molecule has 30 heavy (non-hydrogen) atoms. The van der Waals surface area contributed by atoms with Crippen LogP contribution in [0.4, 0.5) is 0 Å². The lowest BCUT2D eigenvalue weighted by Gasteiger charge is -2.29. The van der Waals surface area contributed by atoms with Gasteiger partial charge in [0.1, 0.15) is 0 Å². The second-order valence-electron chi connectivity index (χ2n) is 7.30. The highest BCUT2D eigenvalue weighted by Crippen LogP contribution is 2.27. The second kappa shape index (κ2) is 8.84. The van der Waals surface area contributed by atoms with Crippen LogP contribution >= 0.6 is 0 Å². The number of nitrogens with one attached hydrogen (secondary N) is 1. The molecule has 1 heterocycles. The van der Waals surface area contributed by atoms with Gasteiger partial charge in [-0.2, -0.15) is 4.31 Å². The predicted octanol–water partition coefficient (Wildman–Crippen LogP) is 0.672. The fraction of sp³-hybridized carbons (Fsp3) is 0.350. The van der Waals surface area contributed by atoms with Crippen molar-refractivity contribution < 1.29 is 26.7 Å². The topological polar surface area (TPSA) is 121 Å². The van der Waals surface area contributed by atoms with Gasteiger partial charge in [0.05, 0.1) is 28.5 Å². The Bertz CT molecular complexity index is 1100. The van der Waals surface area contributed by atoms with Crippen LogP contribution in [0.2, 0.25) is 0 Å². The smallest absolute Gasteiger partial charge is 0.243 e. The van der Waals surface area contributed by atoms with E-state index in [1.54, 1.807) is 42.5 Å². The minimum absolute atomic E-state index is 0.0125. The van der Waals surface area contributed by atoms with Crippen molar-refractivity contribution in [3.05, 3.63) is 65.7 Å². The number of hydrogen-bond acceptors (Lipinski definition) is 6. The summed E-state index contributed by atoms with van der Waals surface area (Å²) in [5.74, 6) is -1.09. The van der Waals surface area contributed by atoms with E-state index in [2.05, 4.69) is 5.32 Å². The van der Waals surface area contributed by atoms with Crippen LogP contribution in [0, 0.1) is 0 Å². The zero-order valence-electron chi connectivity index (χ0n) is 16.4. The maximum absolute atomic E-state index is 13.4. The SMILES string of the molecule is CC(=O)NCc1ccc(S(=O)(=O)N(Cc2ccccc2)[C@H]2CS(=O)(=O)C[C@H]2O)cc1. The molecule has 0 spiro atoms. The van der Waals surface area contributed by atoms with Gasteiger partial charge in [-0.15, -0.1) is 0 Å². The molecular formula is C20H24N2O6S2. The van der Waals surface area contributed by atoms with E-state index in [0.717, 1.165) is 9.87 Å². The van der Waals surface area contributed by atoms with Crippen LogP contribution in [0.25, 0.3) is 0 Å². The first-order chi connectivity index (χ1) is 14.1. The standard InChI is InChI=1S/C20H24N2O6S2/c1-15(23)21-11-16-7-9-18(10-8-16)30(27,28)22(12-17-5-3-2-4-6-17)19-13-29(25,26)14-20(19)24/h2-10,19-20,24H,11-14H2,1H3,(H,21,23)/t19-,20+/m0/s1. The molecule has 162 valence electrons. The van der Waals surface area contributed by atoms with Crippen LogP contribution in [-0.4, -0.2) is 55.8 Å². The average Bonchev–Trinajstić information content (AvgIpc) is 2.97. The summed E-state index contributed by atoms with van der Waals surface area (Å²) < 4.78 is 51.9. The fourth-order valence-electron chi connectivity index (χ4n) is 3.37. The molecule has 0 bridgehead atoms. The highest BCUT2D eigenvalue weighted by molar-refractivity contribution is 7.92. The van der Waals surface area contributed by atoms with Crippen molar-refractivity contribution in [1.29, 1.82) is 0 Å². The van der Waals surface area contributed by atoms with Gasteiger partial charge in [0.2, 0.25) is 15.9 Å². The summed E-state index contributed by atoms with van der Waals surface area (Å²) in [5.41, 5.74) is 1.40. The lowest BCUT2D eigenvalue weighted by atomic mass is 10.2. The third kappa shape index (κ3) is 5.25. The molecular weight excluding hydrogens is 428 g/mol. The monoisotopic (exact) mass is 452 g/mol. The van der Waals surface area contributed by atoms with Gasteiger partial charge in [-0.1, -0.05) is 42.5 Å². The van der Waals surface area contributed by atoms with E-state index < -0.39 is 43.5 Å². The first-order valence-corrected chi connectivity index (χ1v) is 12.6. The molecule has 1 saturated heterocycles. The predicted molar refractivity (Wildman–Crippen MR) is 112 cm³/mol. The highest BCUT2D eigenvalue weighted by Gasteiger charge is 2.44. The Labute approximate surface area is 176 Å².